The van der Waals surface area contributed by atoms with Gasteiger partial charge in [0.2, 0.25) is 5.91 Å². The zero-order valence-corrected chi connectivity index (χ0v) is 25.8. The SMILES string of the molecule is CN(Cc1cc(NC(=O)CCc2cc(Br)ccc2OCC(F)F)cc(F)c1OCC(F)F)C(=O)OCC[Si](C)(C)C. The molecule has 0 unspecified atom stereocenters. The van der Waals surface area contributed by atoms with Gasteiger partial charge in [0.05, 0.1) is 13.2 Å². The molecular formula is C27H34BrF5N2O5Si. The van der Waals surface area contributed by atoms with E-state index in [1.807, 2.05) is 0 Å². The second-order valence-corrected chi connectivity index (χ2v) is 17.0. The molecule has 2 rings (SSSR count). The Morgan fingerprint density at radius 1 is 1.00 bits per heavy atom. The van der Waals surface area contributed by atoms with Crippen LogP contribution in [0, 0.1) is 5.82 Å². The fourth-order valence-electron chi connectivity index (χ4n) is 3.53. The maximum Gasteiger partial charge on any atom is 0.409 e. The third-order valence-electron chi connectivity index (χ3n) is 5.56. The summed E-state index contributed by atoms with van der Waals surface area (Å²) in [7, 11) is -0.0484. The number of alkyl halides is 4. The minimum atomic E-state index is -2.86. The minimum absolute atomic E-state index is 0.0100. The minimum Gasteiger partial charge on any atom is -0.487 e. The van der Waals surface area contributed by atoms with Crippen LogP contribution in [-0.4, -0.2) is 64.7 Å². The summed E-state index contributed by atoms with van der Waals surface area (Å²) < 4.78 is 81.8. The predicted molar refractivity (Wildman–Crippen MR) is 151 cm³/mol. The van der Waals surface area contributed by atoms with Gasteiger partial charge in [-0.15, -0.1) is 0 Å². The lowest BCUT2D eigenvalue weighted by atomic mass is 10.1. The van der Waals surface area contributed by atoms with Gasteiger partial charge in [-0.2, -0.15) is 0 Å². The molecule has 228 valence electrons. The summed E-state index contributed by atoms with van der Waals surface area (Å²) in [6.07, 6.45) is -6.19. The Morgan fingerprint density at radius 3 is 2.29 bits per heavy atom. The molecule has 2 amide bonds. The monoisotopic (exact) mass is 668 g/mol. The lowest BCUT2D eigenvalue weighted by Gasteiger charge is -2.21. The molecule has 0 spiro atoms. The first-order valence-corrected chi connectivity index (χ1v) is 17.2. The van der Waals surface area contributed by atoms with Crippen molar-refractivity contribution in [2.24, 2.45) is 0 Å². The number of halogens is 6. The lowest BCUT2D eigenvalue weighted by Crippen LogP contribution is -2.30. The van der Waals surface area contributed by atoms with Gasteiger partial charge in [0.15, 0.2) is 11.6 Å². The Hall–Kier alpha value is -2.87. The number of rotatable bonds is 15. The van der Waals surface area contributed by atoms with Gasteiger partial charge in [0.1, 0.15) is 19.0 Å². The van der Waals surface area contributed by atoms with E-state index in [0.29, 0.717) is 10.0 Å². The van der Waals surface area contributed by atoms with Crippen molar-refractivity contribution in [3.05, 3.63) is 51.7 Å². The van der Waals surface area contributed by atoms with Crippen LogP contribution in [-0.2, 0) is 22.5 Å². The van der Waals surface area contributed by atoms with Crippen LogP contribution < -0.4 is 14.8 Å². The predicted octanol–water partition coefficient (Wildman–Crippen LogP) is 7.35. The first-order valence-electron chi connectivity index (χ1n) is 12.7. The van der Waals surface area contributed by atoms with Crippen LogP contribution in [0.1, 0.15) is 17.5 Å². The van der Waals surface area contributed by atoms with E-state index in [1.165, 1.54) is 19.2 Å². The average molecular weight is 670 g/mol. The Morgan fingerprint density at radius 2 is 1.66 bits per heavy atom. The van der Waals surface area contributed by atoms with E-state index < -0.39 is 57.7 Å². The van der Waals surface area contributed by atoms with Crippen molar-refractivity contribution in [3.8, 4) is 11.5 Å². The first-order chi connectivity index (χ1) is 19.1. The van der Waals surface area contributed by atoms with E-state index in [9.17, 15) is 31.5 Å². The summed E-state index contributed by atoms with van der Waals surface area (Å²) in [6, 6.07) is 7.75. The fraction of sp³-hybridized carbons (Fsp3) is 0.481. The molecule has 0 aliphatic carbocycles. The van der Waals surface area contributed by atoms with Gasteiger partial charge in [-0.3, -0.25) is 4.79 Å². The number of hydrogen-bond donors (Lipinski definition) is 1. The van der Waals surface area contributed by atoms with Crippen molar-refractivity contribution in [3.63, 3.8) is 0 Å². The van der Waals surface area contributed by atoms with Crippen molar-refractivity contribution in [2.45, 2.75) is 57.9 Å². The largest absolute Gasteiger partial charge is 0.487 e. The number of nitrogens with zero attached hydrogens (tertiary/aromatic N) is 1. The molecule has 2 aromatic rings. The van der Waals surface area contributed by atoms with Crippen molar-refractivity contribution in [1.29, 1.82) is 0 Å². The van der Waals surface area contributed by atoms with Crippen molar-refractivity contribution in [1.82, 2.24) is 4.90 Å². The maximum atomic E-state index is 15.0. The van der Waals surface area contributed by atoms with E-state index in [-0.39, 0.29) is 43.0 Å². The van der Waals surface area contributed by atoms with Crippen LogP contribution in [0.25, 0.3) is 0 Å². The molecule has 2 aromatic carbocycles. The molecule has 0 saturated heterocycles. The van der Waals surface area contributed by atoms with Crippen LogP contribution in [0.5, 0.6) is 11.5 Å². The number of amides is 2. The second kappa shape index (κ2) is 15.9. The fourth-order valence-corrected chi connectivity index (χ4v) is 4.65. The van der Waals surface area contributed by atoms with E-state index >= 15 is 0 Å². The topological polar surface area (TPSA) is 77.1 Å². The Labute approximate surface area is 245 Å². The second-order valence-electron chi connectivity index (χ2n) is 10.4. The Bertz CT molecular complexity index is 1180. The van der Waals surface area contributed by atoms with Crippen LogP contribution in [0.4, 0.5) is 32.4 Å². The summed E-state index contributed by atoms with van der Waals surface area (Å²) in [5.74, 6) is -1.81. The van der Waals surface area contributed by atoms with Crippen LogP contribution in [0.15, 0.2) is 34.8 Å². The normalized spacial score (nSPS) is 11.5. The third kappa shape index (κ3) is 12.7. The highest BCUT2D eigenvalue weighted by Crippen LogP contribution is 2.30. The molecule has 0 saturated carbocycles. The summed E-state index contributed by atoms with van der Waals surface area (Å²) in [5, 5.41) is 2.54. The van der Waals surface area contributed by atoms with Crippen molar-refractivity contribution in [2.75, 3.05) is 32.2 Å². The van der Waals surface area contributed by atoms with Gasteiger partial charge < -0.3 is 24.4 Å². The molecule has 0 aliphatic heterocycles. The highest BCUT2D eigenvalue weighted by atomic mass is 79.9. The Kier molecular flexibility index (Phi) is 13.4. The van der Waals surface area contributed by atoms with Crippen LogP contribution >= 0.6 is 15.9 Å². The van der Waals surface area contributed by atoms with Crippen LogP contribution in [0.3, 0.4) is 0 Å². The van der Waals surface area contributed by atoms with E-state index in [2.05, 4.69) is 40.9 Å². The third-order valence-corrected chi connectivity index (χ3v) is 7.76. The maximum absolute atomic E-state index is 15.0. The highest BCUT2D eigenvalue weighted by Gasteiger charge is 2.21. The van der Waals surface area contributed by atoms with Crippen molar-refractivity contribution >= 4 is 41.7 Å². The highest BCUT2D eigenvalue weighted by molar-refractivity contribution is 9.10. The molecule has 0 fully saturated rings. The molecule has 0 aliphatic rings. The molecule has 0 radical (unpaired) electrons. The van der Waals surface area contributed by atoms with Crippen LogP contribution in [0.2, 0.25) is 25.7 Å². The zero-order chi connectivity index (χ0) is 30.7. The summed E-state index contributed by atoms with van der Waals surface area (Å²) in [4.78, 5) is 26.3. The number of ether oxygens (including phenoxy) is 3. The van der Waals surface area contributed by atoms with E-state index in [0.717, 1.165) is 17.0 Å². The molecule has 7 nitrogen and oxygen atoms in total. The summed E-state index contributed by atoms with van der Waals surface area (Å²) >= 11 is 3.29. The zero-order valence-electron chi connectivity index (χ0n) is 23.2. The average Bonchev–Trinajstić information content (AvgIpc) is 2.85. The summed E-state index contributed by atoms with van der Waals surface area (Å²) in [6.45, 7) is 4.47. The number of aryl methyl sites for hydroxylation is 1. The van der Waals surface area contributed by atoms with Gasteiger partial charge in [-0.1, -0.05) is 35.6 Å². The molecule has 0 aromatic heterocycles. The standard InChI is InChI=1S/C27H34BrF5N2O5Si/c1-35(27(37)38-9-10-41(2,3)4)14-18-12-20(13-21(29)26(18)40-16-24(32)33)34-25(36)8-5-17-11-19(28)6-7-22(17)39-15-23(30)31/h6-7,11-13,23-24H,5,8-10,14-16H2,1-4H3,(H,34,36). The van der Waals surface area contributed by atoms with Crippen molar-refractivity contribution < 1.29 is 45.8 Å². The molecule has 41 heavy (non-hydrogen) atoms. The van der Waals surface area contributed by atoms with Gasteiger partial charge in [-0.05, 0) is 42.3 Å². The van der Waals surface area contributed by atoms with Gasteiger partial charge in [0, 0.05) is 43.3 Å². The Balaban J connectivity index is 2.15. The number of carbonyl (C=O) groups excluding carboxylic acids is 2. The molecule has 1 N–H and O–H groups in total. The van der Waals surface area contributed by atoms with Gasteiger partial charge >= 0.3 is 6.09 Å². The van der Waals surface area contributed by atoms with Gasteiger partial charge in [-0.25, -0.2) is 26.7 Å². The number of carbonyl (C=O) groups is 2. The summed E-state index contributed by atoms with van der Waals surface area (Å²) in [5.41, 5.74) is 0.558. The smallest absolute Gasteiger partial charge is 0.409 e. The molecule has 0 heterocycles. The number of hydrogen-bond acceptors (Lipinski definition) is 5. The first kappa shape index (κ1) is 34.3. The lowest BCUT2D eigenvalue weighted by molar-refractivity contribution is -0.116. The molecule has 14 heteroatoms. The number of nitrogens with one attached hydrogen (secondary N) is 1. The molecular weight excluding hydrogens is 635 g/mol. The quantitative estimate of drug-likeness (QED) is 0.159. The number of benzene rings is 2. The van der Waals surface area contributed by atoms with Gasteiger partial charge in [0.25, 0.3) is 12.9 Å². The van der Waals surface area contributed by atoms with E-state index in [1.54, 1.807) is 12.1 Å². The molecule has 0 bridgehead atoms. The van der Waals surface area contributed by atoms with E-state index in [4.69, 9.17) is 14.2 Å². The molecule has 0 atom stereocenters. The number of anilines is 1.